The lowest BCUT2D eigenvalue weighted by atomic mass is 9.79. The maximum absolute atomic E-state index is 13.8. The van der Waals surface area contributed by atoms with E-state index in [9.17, 15) is 39.9 Å². The van der Waals surface area contributed by atoms with Crippen molar-refractivity contribution >= 4 is 18.0 Å². The summed E-state index contributed by atoms with van der Waals surface area (Å²) < 4.78 is 54.7. The molecule has 4 aliphatic heterocycles. The van der Waals surface area contributed by atoms with Crippen LogP contribution in [0.5, 0.6) is 0 Å². The summed E-state index contributed by atoms with van der Waals surface area (Å²) in [5.74, 6) is -3.59. The summed E-state index contributed by atoms with van der Waals surface area (Å²) in [6.07, 6.45) is -8.49. The summed E-state index contributed by atoms with van der Waals surface area (Å²) in [6, 6.07) is -0.748. The standard InChI is InChI=1S/C46H77NO17/c1-13-33-30(22-58-45-42(57-12)41(56-11)37(52)26(5)60-45)18-23(2)14-15-31(49)24(3)19-29(16-17-48)39(25(4)32(50)20-34(51)62-33)64-44-38(53)36(47(9)10)40(27(6)61-44)63-35-21-46(8,55)43(54)28(7)59-35/h14-15,17-18,24-30,32-33,35-45,50,52-55H,13,16,19-22H2,1-12H3/t24?,25?,26?,27?,28?,29?,30?,32?,33?,35-,36?,37?,38?,39?,40?,41?,42?,43?,44+,45?,46-/m1/s1. The number of nitrogens with zero attached hydrogens (tertiary/aromatic N) is 1. The predicted molar refractivity (Wildman–Crippen MR) is 230 cm³/mol. The molecule has 4 rings (SSSR count). The first-order chi connectivity index (χ1) is 30.1. The van der Waals surface area contributed by atoms with Crippen molar-refractivity contribution in [1.29, 1.82) is 0 Å². The van der Waals surface area contributed by atoms with E-state index in [1.54, 1.807) is 59.7 Å². The first-order valence-corrected chi connectivity index (χ1v) is 22.7. The third kappa shape index (κ3) is 13.5. The molecule has 18 nitrogen and oxygen atoms in total. The van der Waals surface area contributed by atoms with Gasteiger partial charge in [0.25, 0.3) is 0 Å². The van der Waals surface area contributed by atoms with Gasteiger partial charge in [0.15, 0.2) is 24.7 Å². The van der Waals surface area contributed by atoms with E-state index >= 15 is 0 Å². The number of aldehydes is 1. The van der Waals surface area contributed by atoms with Crippen molar-refractivity contribution in [2.24, 2.45) is 23.7 Å². The Hall–Kier alpha value is -2.27. The van der Waals surface area contributed by atoms with E-state index in [0.717, 1.165) is 6.29 Å². The number of ether oxygens (including phenoxy) is 9. The molecule has 3 saturated heterocycles. The third-order valence-electron chi connectivity index (χ3n) is 13.4. The highest BCUT2D eigenvalue weighted by molar-refractivity contribution is 5.91. The average Bonchev–Trinajstić information content (AvgIpc) is 3.23. The maximum Gasteiger partial charge on any atom is 0.308 e. The fourth-order valence-electron chi connectivity index (χ4n) is 9.51. The number of aliphatic hydroxyl groups excluding tert-OH is 4. The molecule has 18 heteroatoms. The maximum atomic E-state index is 13.8. The number of cyclic esters (lactones) is 1. The summed E-state index contributed by atoms with van der Waals surface area (Å²) in [5, 5.41) is 55.8. The van der Waals surface area contributed by atoms with Crippen molar-refractivity contribution in [3.63, 3.8) is 0 Å². The predicted octanol–water partition coefficient (Wildman–Crippen LogP) is 1.83. The van der Waals surface area contributed by atoms with Crippen molar-refractivity contribution in [3.8, 4) is 0 Å². The molecule has 0 radical (unpaired) electrons. The number of aliphatic hydroxyl groups is 5. The van der Waals surface area contributed by atoms with Gasteiger partial charge in [-0.15, -0.1) is 0 Å². The Kier molecular flexibility index (Phi) is 20.5. The van der Waals surface area contributed by atoms with Crippen LogP contribution in [-0.2, 0) is 57.0 Å². The molecule has 0 spiro atoms. The van der Waals surface area contributed by atoms with Gasteiger partial charge in [-0.2, -0.15) is 0 Å². The van der Waals surface area contributed by atoms with Gasteiger partial charge in [-0.1, -0.05) is 38.5 Å². The number of ketones is 1. The van der Waals surface area contributed by atoms with Gasteiger partial charge in [-0.25, -0.2) is 0 Å². The van der Waals surface area contributed by atoms with Gasteiger partial charge in [-0.3, -0.25) is 9.59 Å². The minimum atomic E-state index is -1.49. The van der Waals surface area contributed by atoms with E-state index < -0.39 is 140 Å². The fraction of sp³-hybridized carbons (Fsp3) is 0.848. The van der Waals surface area contributed by atoms with Crippen molar-refractivity contribution in [3.05, 3.63) is 23.8 Å². The fourth-order valence-corrected chi connectivity index (χ4v) is 9.51. The van der Waals surface area contributed by atoms with Crippen molar-refractivity contribution in [1.82, 2.24) is 4.90 Å². The van der Waals surface area contributed by atoms with Gasteiger partial charge in [0, 0.05) is 44.8 Å². The molecule has 368 valence electrons. The largest absolute Gasteiger partial charge is 0.462 e. The van der Waals surface area contributed by atoms with Crippen LogP contribution in [0.1, 0.15) is 87.5 Å². The summed E-state index contributed by atoms with van der Waals surface area (Å²) in [4.78, 5) is 41.5. The molecule has 21 atom stereocenters. The highest BCUT2D eigenvalue weighted by Crippen LogP contribution is 2.37. The smallest absolute Gasteiger partial charge is 0.308 e. The van der Waals surface area contributed by atoms with Gasteiger partial charge < -0.3 is 77.9 Å². The Balaban J connectivity index is 1.62. The lowest BCUT2D eigenvalue weighted by Crippen LogP contribution is -2.65. The highest BCUT2D eigenvalue weighted by Gasteiger charge is 2.52. The van der Waals surface area contributed by atoms with Gasteiger partial charge in [0.2, 0.25) is 0 Å². The third-order valence-corrected chi connectivity index (χ3v) is 13.4. The summed E-state index contributed by atoms with van der Waals surface area (Å²) in [7, 11) is 6.43. The molecular weight excluding hydrogens is 838 g/mol. The molecule has 0 aromatic heterocycles. The van der Waals surface area contributed by atoms with Crippen LogP contribution < -0.4 is 0 Å². The first-order valence-electron chi connectivity index (χ1n) is 22.7. The molecule has 0 aromatic rings. The molecule has 0 aliphatic carbocycles. The van der Waals surface area contributed by atoms with E-state index in [1.165, 1.54) is 27.2 Å². The molecule has 0 bridgehead atoms. The number of methoxy groups -OCH3 is 2. The van der Waals surface area contributed by atoms with Crippen LogP contribution in [-0.4, -0.2) is 187 Å². The molecule has 0 aromatic carbocycles. The van der Waals surface area contributed by atoms with E-state index in [1.807, 2.05) is 19.9 Å². The van der Waals surface area contributed by atoms with E-state index in [-0.39, 0.29) is 31.7 Å². The number of carbonyl (C=O) groups excluding carboxylic acids is 3. The van der Waals surface area contributed by atoms with Gasteiger partial charge in [0.1, 0.15) is 49.0 Å². The van der Waals surface area contributed by atoms with Gasteiger partial charge in [-0.05, 0) is 73.5 Å². The second kappa shape index (κ2) is 24.1. The Morgan fingerprint density at radius 3 is 2.11 bits per heavy atom. The van der Waals surface area contributed by atoms with Crippen molar-refractivity contribution in [2.75, 3.05) is 34.9 Å². The number of allylic oxidation sites excluding steroid dienone is 3. The molecule has 64 heavy (non-hydrogen) atoms. The molecule has 4 heterocycles. The number of hydrogen-bond donors (Lipinski definition) is 5. The average molecular weight is 916 g/mol. The topological polar surface area (TPSA) is 239 Å². The number of carbonyl (C=O) groups is 3. The number of rotatable bonds is 13. The van der Waals surface area contributed by atoms with E-state index in [2.05, 4.69) is 0 Å². The number of likely N-dealkylation sites (N-methyl/N-ethyl adjacent to an activating group) is 1. The zero-order valence-electron chi connectivity index (χ0n) is 39.7. The molecule has 18 unspecified atom stereocenters. The normalized spacial score (nSPS) is 44.6. The van der Waals surface area contributed by atoms with Crippen LogP contribution in [0.4, 0.5) is 0 Å². The zero-order chi connectivity index (χ0) is 47.8. The van der Waals surface area contributed by atoms with Crippen LogP contribution in [0.2, 0.25) is 0 Å². The highest BCUT2D eigenvalue weighted by atomic mass is 16.7. The van der Waals surface area contributed by atoms with Crippen LogP contribution in [0.15, 0.2) is 23.8 Å². The molecule has 3 fully saturated rings. The van der Waals surface area contributed by atoms with E-state index in [0.29, 0.717) is 12.0 Å². The molecule has 5 N–H and O–H groups in total. The summed E-state index contributed by atoms with van der Waals surface area (Å²) in [6.45, 7) is 13.6. The lowest BCUT2D eigenvalue weighted by molar-refractivity contribution is -0.341. The van der Waals surface area contributed by atoms with Crippen LogP contribution in [0.3, 0.4) is 0 Å². The monoisotopic (exact) mass is 916 g/mol. The van der Waals surface area contributed by atoms with Crippen molar-refractivity contribution < 1.29 is 82.5 Å². The first kappa shape index (κ1) is 54.3. The van der Waals surface area contributed by atoms with Crippen molar-refractivity contribution in [2.45, 2.75) is 191 Å². The van der Waals surface area contributed by atoms with Gasteiger partial charge in [0.05, 0.1) is 55.2 Å². The Bertz CT molecular complexity index is 1560. The van der Waals surface area contributed by atoms with Crippen LogP contribution in [0, 0.1) is 23.7 Å². The van der Waals surface area contributed by atoms with Crippen LogP contribution in [0.25, 0.3) is 0 Å². The minimum absolute atomic E-state index is 0.00788. The Morgan fingerprint density at radius 1 is 0.859 bits per heavy atom. The second-order valence-corrected chi connectivity index (χ2v) is 18.7. The summed E-state index contributed by atoms with van der Waals surface area (Å²) in [5.41, 5.74) is -0.806. The second-order valence-electron chi connectivity index (χ2n) is 18.7. The zero-order valence-corrected chi connectivity index (χ0v) is 39.7. The number of hydrogen-bond acceptors (Lipinski definition) is 18. The molecular formula is C46H77NO17. The summed E-state index contributed by atoms with van der Waals surface area (Å²) >= 11 is 0. The quantitative estimate of drug-likeness (QED) is 0.131. The molecule has 4 aliphatic rings. The Morgan fingerprint density at radius 2 is 1.52 bits per heavy atom. The Labute approximate surface area is 378 Å². The van der Waals surface area contributed by atoms with Gasteiger partial charge >= 0.3 is 5.97 Å². The molecule has 0 saturated carbocycles. The minimum Gasteiger partial charge on any atom is -0.462 e. The SMILES string of the molecule is CCC1OC(=O)CC(O)C(C)C(O[C@@H]2OC(C)C(O[C@@H]3C[C@@](C)(O)C(O)C(C)O3)C(N(C)C)C2O)C(CC=O)CC(C)C(=O)C=CC(C)=CC1COC1OC(C)C(O)C(OC)C1OC. The van der Waals surface area contributed by atoms with E-state index in [4.69, 9.17) is 42.6 Å². The van der Waals surface area contributed by atoms with Crippen LogP contribution >= 0.6 is 0 Å². The number of esters is 1. The molecule has 0 amide bonds. The lowest BCUT2D eigenvalue weighted by Gasteiger charge is -2.50.